The van der Waals surface area contributed by atoms with Crippen molar-refractivity contribution in [2.24, 2.45) is 7.05 Å². The zero-order chi connectivity index (χ0) is 12.1. The van der Waals surface area contributed by atoms with Crippen molar-refractivity contribution in [3.05, 3.63) is 41.7 Å². The highest BCUT2D eigenvalue weighted by Crippen LogP contribution is 2.10. The van der Waals surface area contributed by atoms with E-state index < -0.39 is 0 Å². The molecule has 90 valence electrons. The number of rotatable bonds is 5. The minimum atomic E-state index is 0.759. The molecule has 2 aromatic rings. The number of benzene rings is 1. The van der Waals surface area contributed by atoms with E-state index in [-0.39, 0.29) is 0 Å². The van der Waals surface area contributed by atoms with Crippen LogP contribution in [0.2, 0.25) is 0 Å². The molecular formula is C12H16N4O. The number of aryl methyl sites for hydroxylation is 1. The summed E-state index contributed by atoms with van der Waals surface area (Å²) in [5.74, 6) is 0.879. The molecule has 1 N–H and O–H groups in total. The summed E-state index contributed by atoms with van der Waals surface area (Å²) in [6.45, 7) is 1.57. The first-order valence-corrected chi connectivity index (χ1v) is 5.47. The molecule has 0 aliphatic carbocycles. The largest absolute Gasteiger partial charge is 0.497 e. The highest BCUT2D eigenvalue weighted by molar-refractivity contribution is 5.27. The van der Waals surface area contributed by atoms with E-state index in [1.54, 1.807) is 18.0 Å². The quantitative estimate of drug-likeness (QED) is 0.839. The number of nitrogens with zero attached hydrogens (tertiary/aromatic N) is 3. The summed E-state index contributed by atoms with van der Waals surface area (Å²) in [7, 11) is 3.56. The van der Waals surface area contributed by atoms with Gasteiger partial charge in [-0.1, -0.05) is 17.3 Å². The minimum Gasteiger partial charge on any atom is -0.497 e. The summed E-state index contributed by atoms with van der Waals surface area (Å²) < 4.78 is 6.87. The summed E-state index contributed by atoms with van der Waals surface area (Å²) in [6.07, 6.45) is 1.76. The lowest BCUT2D eigenvalue weighted by Crippen LogP contribution is -2.15. The van der Waals surface area contributed by atoms with Gasteiger partial charge < -0.3 is 10.1 Å². The average Bonchev–Trinajstić information content (AvgIpc) is 2.76. The Morgan fingerprint density at radius 2 is 2.00 bits per heavy atom. The van der Waals surface area contributed by atoms with E-state index in [1.165, 1.54) is 5.56 Å². The normalized spacial score (nSPS) is 10.5. The van der Waals surface area contributed by atoms with Crippen molar-refractivity contribution < 1.29 is 4.74 Å². The van der Waals surface area contributed by atoms with Gasteiger partial charge in [0.25, 0.3) is 0 Å². The van der Waals surface area contributed by atoms with Crippen molar-refractivity contribution in [1.29, 1.82) is 0 Å². The fraction of sp³-hybridized carbons (Fsp3) is 0.333. The van der Waals surface area contributed by atoms with Crippen LogP contribution in [0.25, 0.3) is 0 Å². The van der Waals surface area contributed by atoms with Crippen LogP contribution in [0.1, 0.15) is 11.3 Å². The molecule has 5 heteroatoms. The van der Waals surface area contributed by atoms with Gasteiger partial charge in [-0.3, -0.25) is 4.68 Å². The van der Waals surface area contributed by atoms with Gasteiger partial charge in [-0.2, -0.15) is 0 Å². The molecule has 2 rings (SSSR count). The van der Waals surface area contributed by atoms with Crippen LogP contribution in [-0.4, -0.2) is 22.1 Å². The molecule has 0 radical (unpaired) electrons. The van der Waals surface area contributed by atoms with Crippen LogP contribution in [0.4, 0.5) is 0 Å². The van der Waals surface area contributed by atoms with Crippen LogP contribution in [0.3, 0.4) is 0 Å². The predicted molar refractivity (Wildman–Crippen MR) is 64.5 cm³/mol. The molecule has 1 heterocycles. The minimum absolute atomic E-state index is 0.759. The van der Waals surface area contributed by atoms with E-state index in [1.807, 2.05) is 31.3 Å². The van der Waals surface area contributed by atoms with Crippen molar-refractivity contribution in [3.63, 3.8) is 0 Å². The van der Waals surface area contributed by atoms with Gasteiger partial charge in [-0.15, -0.1) is 5.10 Å². The van der Waals surface area contributed by atoms with Gasteiger partial charge in [0.15, 0.2) is 0 Å². The third-order valence-electron chi connectivity index (χ3n) is 2.60. The number of hydrogen-bond acceptors (Lipinski definition) is 4. The van der Waals surface area contributed by atoms with Crippen molar-refractivity contribution in [3.8, 4) is 5.75 Å². The van der Waals surface area contributed by atoms with Crippen molar-refractivity contribution >= 4 is 0 Å². The second-order valence-electron chi connectivity index (χ2n) is 3.80. The Bertz CT molecular complexity index is 464. The van der Waals surface area contributed by atoms with E-state index in [0.29, 0.717) is 0 Å². The van der Waals surface area contributed by atoms with Crippen LogP contribution in [0, 0.1) is 0 Å². The van der Waals surface area contributed by atoms with E-state index in [4.69, 9.17) is 4.74 Å². The second kappa shape index (κ2) is 5.45. The molecule has 0 amide bonds. The number of nitrogens with one attached hydrogen (secondary N) is 1. The zero-order valence-corrected chi connectivity index (χ0v) is 10.1. The number of hydrogen-bond donors (Lipinski definition) is 1. The maximum absolute atomic E-state index is 5.11. The van der Waals surface area contributed by atoms with Gasteiger partial charge in [0.05, 0.1) is 19.0 Å². The van der Waals surface area contributed by atoms with Gasteiger partial charge in [-0.25, -0.2) is 0 Å². The molecule has 17 heavy (non-hydrogen) atoms. The molecule has 0 aliphatic heterocycles. The molecule has 0 aliphatic rings. The monoisotopic (exact) mass is 232 g/mol. The highest BCUT2D eigenvalue weighted by atomic mass is 16.5. The van der Waals surface area contributed by atoms with Crippen molar-refractivity contribution in [1.82, 2.24) is 20.3 Å². The first-order chi connectivity index (χ1) is 8.29. The molecule has 0 unspecified atom stereocenters. The maximum Gasteiger partial charge on any atom is 0.118 e. The Morgan fingerprint density at radius 3 is 2.59 bits per heavy atom. The van der Waals surface area contributed by atoms with Gasteiger partial charge in [0, 0.05) is 20.1 Å². The SMILES string of the molecule is COc1ccc(CNCc2cnnn2C)cc1. The molecule has 1 aromatic carbocycles. The second-order valence-corrected chi connectivity index (χ2v) is 3.80. The van der Waals surface area contributed by atoms with Crippen LogP contribution in [0.15, 0.2) is 30.5 Å². The molecule has 0 fully saturated rings. The standard InChI is InChI=1S/C12H16N4O/c1-16-11(9-14-15-16)8-13-7-10-3-5-12(17-2)6-4-10/h3-6,9,13H,7-8H2,1-2H3. The molecule has 0 saturated carbocycles. The summed E-state index contributed by atoms with van der Waals surface area (Å²) in [6, 6.07) is 8.02. The summed E-state index contributed by atoms with van der Waals surface area (Å²) in [4.78, 5) is 0. The van der Waals surface area contributed by atoms with Crippen LogP contribution in [-0.2, 0) is 20.1 Å². The Kier molecular flexibility index (Phi) is 3.72. The van der Waals surface area contributed by atoms with Crippen LogP contribution in [0.5, 0.6) is 5.75 Å². The van der Waals surface area contributed by atoms with Gasteiger partial charge in [-0.05, 0) is 17.7 Å². The fourth-order valence-electron chi connectivity index (χ4n) is 1.55. The first kappa shape index (κ1) is 11.6. The summed E-state index contributed by atoms with van der Waals surface area (Å²) >= 11 is 0. The van der Waals surface area contributed by atoms with Crippen LogP contribution < -0.4 is 10.1 Å². The lowest BCUT2D eigenvalue weighted by atomic mass is 10.2. The van der Waals surface area contributed by atoms with Crippen molar-refractivity contribution in [2.45, 2.75) is 13.1 Å². The van der Waals surface area contributed by atoms with E-state index >= 15 is 0 Å². The number of ether oxygens (including phenoxy) is 1. The Labute approximate surface area is 100 Å². The van der Waals surface area contributed by atoms with E-state index in [0.717, 1.165) is 24.5 Å². The number of aromatic nitrogens is 3. The lowest BCUT2D eigenvalue weighted by Gasteiger charge is -2.05. The first-order valence-electron chi connectivity index (χ1n) is 5.47. The van der Waals surface area contributed by atoms with E-state index in [2.05, 4.69) is 15.6 Å². The maximum atomic E-state index is 5.11. The smallest absolute Gasteiger partial charge is 0.118 e. The van der Waals surface area contributed by atoms with Gasteiger partial charge in [0.1, 0.15) is 5.75 Å². The molecule has 0 atom stereocenters. The topological polar surface area (TPSA) is 52.0 Å². The molecule has 0 spiro atoms. The Hall–Kier alpha value is -1.88. The Morgan fingerprint density at radius 1 is 1.24 bits per heavy atom. The van der Waals surface area contributed by atoms with Crippen molar-refractivity contribution in [2.75, 3.05) is 7.11 Å². The summed E-state index contributed by atoms with van der Waals surface area (Å²) in [5, 5.41) is 11.0. The Balaban J connectivity index is 1.83. The lowest BCUT2D eigenvalue weighted by molar-refractivity contribution is 0.414. The molecule has 1 aromatic heterocycles. The molecule has 0 saturated heterocycles. The summed E-state index contributed by atoms with van der Waals surface area (Å²) in [5.41, 5.74) is 2.29. The third-order valence-corrected chi connectivity index (χ3v) is 2.60. The fourth-order valence-corrected chi connectivity index (χ4v) is 1.55. The third kappa shape index (κ3) is 3.04. The molecular weight excluding hydrogens is 216 g/mol. The average molecular weight is 232 g/mol. The van der Waals surface area contributed by atoms with Gasteiger partial charge >= 0.3 is 0 Å². The van der Waals surface area contributed by atoms with Crippen LogP contribution >= 0.6 is 0 Å². The molecule has 0 bridgehead atoms. The number of methoxy groups -OCH3 is 1. The zero-order valence-electron chi connectivity index (χ0n) is 10.1. The van der Waals surface area contributed by atoms with Gasteiger partial charge in [0.2, 0.25) is 0 Å². The van der Waals surface area contributed by atoms with E-state index in [9.17, 15) is 0 Å². The predicted octanol–water partition coefficient (Wildman–Crippen LogP) is 1.11. The highest BCUT2D eigenvalue weighted by Gasteiger charge is 1.99. The molecule has 5 nitrogen and oxygen atoms in total.